The summed E-state index contributed by atoms with van der Waals surface area (Å²) >= 11 is 7.30. The van der Waals surface area contributed by atoms with Crippen LogP contribution in [0.1, 0.15) is 22.6 Å². The Balaban J connectivity index is 2.26. The van der Waals surface area contributed by atoms with E-state index in [4.69, 9.17) is 0 Å². The lowest BCUT2D eigenvalue weighted by Crippen LogP contribution is -2.06. The maximum Gasteiger partial charge on any atom is 0.0210 e. The lowest BCUT2D eigenvalue weighted by molar-refractivity contribution is 0.767. The molecule has 1 unspecified atom stereocenters. The zero-order valence-electron chi connectivity index (χ0n) is 10.4. The molecule has 2 aromatic carbocycles. The van der Waals surface area contributed by atoms with Crippen molar-refractivity contribution in [2.24, 2.45) is 0 Å². The van der Waals surface area contributed by atoms with Crippen molar-refractivity contribution in [1.82, 2.24) is 0 Å². The van der Waals surface area contributed by atoms with Gasteiger partial charge in [-0.05, 0) is 42.0 Å². The van der Waals surface area contributed by atoms with Crippen LogP contribution in [0.5, 0.6) is 0 Å². The van der Waals surface area contributed by atoms with Gasteiger partial charge >= 0.3 is 0 Å². The second-order valence-electron chi connectivity index (χ2n) is 4.50. The number of rotatable bonds is 4. The number of benzene rings is 2. The van der Waals surface area contributed by atoms with E-state index < -0.39 is 0 Å². The summed E-state index contributed by atoms with van der Waals surface area (Å²) in [6, 6.07) is 17.1. The quantitative estimate of drug-likeness (QED) is 0.627. The average molecular weight is 368 g/mol. The third-order valence-electron chi connectivity index (χ3n) is 3.26. The standard InChI is InChI=1S/C16H16Br2/c1-12-6-2-3-7-13(12)10-14(11-17)15-8-4-5-9-16(15)18/h2-9,14H,10-11H2,1H3. The molecule has 18 heavy (non-hydrogen) atoms. The van der Waals surface area contributed by atoms with Gasteiger partial charge in [-0.25, -0.2) is 0 Å². The fourth-order valence-electron chi connectivity index (χ4n) is 2.16. The molecule has 0 nitrogen and oxygen atoms in total. The molecule has 1 atom stereocenters. The molecule has 0 fully saturated rings. The van der Waals surface area contributed by atoms with E-state index in [-0.39, 0.29) is 0 Å². The monoisotopic (exact) mass is 366 g/mol. The minimum atomic E-state index is 0.502. The van der Waals surface area contributed by atoms with Crippen LogP contribution in [0.25, 0.3) is 0 Å². The smallest absolute Gasteiger partial charge is 0.0210 e. The van der Waals surface area contributed by atoms with Crippen LogP contribution < -0.4 is 0 Å². The van der Waals surface area contributed by atoms with Crippen molar-refractivity contribution in [2.75, 3.05) is 5.33 Å². The van der Waals surface area contributed by atoms with Gasteiger partial charge in [0.05, 0.1) is 0 Å². The fourth-order valence-corrected chi connectivity index (χ4v) is 3.34. The predicted molar refractivity (Wildman–Crippen MR) is 85.6 cm³/mol. The second-order valence-corrected chi connectivity index (χ2v) is 6.01. The molecular weight excluding hydrogens is 352 g/mol. The molecule has 0 saturated carbocycles. The largest absolute Gasteiger partial charge is 0.0921 e. The summed E-state index contributed by atoms with van der Waals surface area (Å²) in [4.78, 5) is 0. The van der Waals surface area contributed by atoms with Crippen LogP contribution in [0.2, 0.25) is 0 Å². The highest BCUT2D eigenvalue weighted by Crippen LogP contribution is 2.29. The van der Waals surface area contributed by atoms with Crippen molar-refractivity contribution in [2.45, 2.75) is 19.3 Å². The normalized spacial score (nSPS) is 12.4. The SMILES string of the molecule is Cc1ccccc1CC(CBr)c1ccccc1Br. The molecule has 2 heteroatoms. The van der Waals surface area contributed by atoms with E-state index in [0.29, 0.717) is 5.92 Å². The molecule has 0 aliphatic heterocycles. The van der Waals surface area contributed by atoms with Gasteiger partial charge < -0.3 is 0 Å². The van der Waals surface area contributed by atoms with E-state index in [1.165, 1.54) is 21.2 Å². The Labute approximate surface area is 126 Å². The van der Waals surface area contributed by atoms with Gasteiger partial charge in [-0.3, -0.25) is 0 Å². The van der Waals surface area contributed by atoms with E-state index in [1.54, 1.807) is 0 Å². The van der Waals surface area contributed by atoms with Gasteiger partial charge in [0.15, 0.2) is 0 Å². The summed E-state index contributed by atoms with van der Waals surface area (Å²) in [6.07, 6.45) is 1.07. The summed E-state index contributed by atoms with van der Waals surface area (Å²) < 4.78 is 1.20. The van der Waals surface area contributed by atoms with Crippen molar-refractivity contribution in [3.8, 4) is 0 Å². The van der Waals surface area contributed by atoms with Gasteiger partial charge in [0, 0.05) is 9.80 Å². The minimum Gasteiger partial charge on any atom is -0.0921 e. The fraction of sp³-hybridized carbons (Fsp3) is 0.250. The van der Waals surface area contributed by atoms with Crippen LogP contribution in [0.3, 0.4) is 0 Å². The third-order valence-corrected chi connectivity index (χ3v) is 4.76. The highest BCUT2D eigenvalue weighted by molar-refractivity contribution is 9.10. The molecular formula is C16H16Br2. The van der Waals surface area contributed by atoms with Crippen LogP contribution in [-0.2, 0) is 6.42 Å². The highest BCUT2D eigenvalue weighted by atomic mass is 79.9. The van der Waals surface area contributed by atoms with E-state index in [1.807, 2.05) is 0 Å². The van der Waals surface area contributed by atoms with Gasteiger partial charge in [-0.2, -0.15) is 0 Å². The van der Waals surface area contributed by atoms with Crippen LogP contribution in [0, 0.1) is 6.92 Å². The van der Waals surface area contributed by atoms with Crippen molar-refractivity contribution in [3.63, 3.8) is 0 Å². The molecule has 0 radical (unpaired) electrons. The van der Waals surface area contributed by atoms with Crippen molar-refractivity contribution in [3.05, 3.63) is 69.7 Å². The first-order valence-corrected chi connectivity index (χ1v) is 7.98. The number of halogens is 2. The van der Waals surface area contributed by atoms with Crippen molar-refractivity contribution < 1.29 is 0 Å². The molecule has 0 N–H and O–H groups in total. The van der Waals surface area contributed by atoms with E-state index in [0.717, 1.165) is 11.8 Å². The zero-order chi connectivity index (χ0) is 13.0. The van der Waals surface area contributed by atoms with Gasteiger partial charge in [0.25, 0.3) is 0 Å². The van der Waals surface area contributed by atoms with Gasteiger partial charge in [0.1, 0.15) is 0 Å². The molecule has 2 aromatic rings. The summed E-state index contributed by atoms with van der Waals surface area (Å²) in [7, 11) is 0. The molecule has 0 aromatic heterocycles. The molecule has 0 amide bonds. The summed E-state index contributed by atoms with van der Waals surface area (Å²) in [5, 5.41) is 0.976. The Morgan fingerprint density at radius 2 is 1.67 bits per heavy atom. The first kappa shape index (κ1) is 13.8. The summed E-state index contributed by atoms with van der Waals surface area (Å²) in [5.74, 6) is 0.502. The topological polar surface area (TPSA) is 0 Å². The Morgan fingerprint density at radius 3 is 2.33 bits per heavy atom. The molecule has 0 aliphatic carbocycles. The molecule has 0 bridgehead atoms. The number of hydrogen-bond acceptors (Lipinski definition) is 0. The maximum absolute atomic E-state index is 3.65. The number of aryl methyl sites for hydroxylation is 1. The first-order valence-electron chi connectivity index (χ1n) is 6.07. The minimum absolute atomic E-state index is 0.502. The molecule has 2 rings (SSSR count). The van der Waals surface area contributed by atoms with Crippen LogP contribution >= 0.6 is 31.9 Å². The molecule has 0 heterocycles. The van der Waals surface area contributed by atoms with E-state index in [2.05, 4.69) is 87.3 Å². The lowest BCUT2D eigenvalue weighted by atomic mass is 9.92. The van der Waals surface area contributed by atoms with Gasteiger partial charge in [0.2, 0.25) is 0 Å². The Bertz CT molecular complexity index is 520. The van der Waals surface area contributed by atoms with Crippen LogP contribution in [-0.4, -0.2) is 5.33 Å². The number of hydrogen-bond donors (Lipinski definition) is 0. The second kappa shape index (κ2) is 6.53. The van der Waals surface area contributed by atoms with Gasteiger partial charge in [-0.15, -0.1) is 0 Å². The predicted octanol–water partition coefficient (Wildman–Crippen LogP) is 5.48. The van der Waals surface area contributed by atoms with Gasteiger partial charge in [-0.1, -0.05) is 74.3 Å². The third kappa shape index (κ3) is 3.24. The van der Waals surface area contributed by atoms with Crippen molar-refractivity contribution >= 4 is 31.9 Å². The summed E-state index contributed by atoms with van der Waals surface area (Å²) in [6.45, 7) is 2.18. The van der Waals surface area contributed by atoms with E-state index >= 15 is 0 Å². The zero-order valence-corrected chi connectivity index (χ0v) is 13.5. The maximum atomic E-state index is 3.65. The molecule has 0 saturated heterocycles. The molecule has 0 aliphatic rings. The van der Waals surface area contributed by atoms with Crippen LogP contribution in [0.15, 0.2) is 53.0 Å². The Hall–Kier alpha value is -0.600. The Morgan fingerprint density at radius 1 is 1.00 bits per heavy atom. The highest BCUT2D eigenvalue weighted by Gasteiger charge is 2.14. The van der Waals surface area contributed by atoms with Crippen molar-refractivity contribution in [1.29, 1.82) is 0 Å². The summed E-state index contributed by atoms with van der Waals surface area (Å²) in [5.41, 5.74) is 4.17. The first-order chi connectivity index (χ1) is 8.72. The average Bonchev–Trinajstić information content (AvgIpc) is 2.39. The van der Waals surface area contributed by atoms with E-state index in [9.17, 15) is 0 Å². The number of alkyl halides is 1. The lowest BCUT2D eigenvalue weighted by Gasteiger charge is -2.17. The Kier molecular flexibility index (Phi) is 5.02. The van der Waals surface area contributed by atoms with Crippen LogP contribution in [0.4, 0.5) is 0 Å². The molecule has 0 spiro atoms. The molecule has 94 valence electrons.